The van der Waals surface area contributed by atoms with E-state index in [1.165, 1.54) is 25.7 Å². The molecule has 0 spiro atoms. The molecule has 0 N–H and O–H groups in total. The summed E-state index contributed by atoms with van der Waals surface area (Å²) < 4.78 is 13.0. The first-order chi connectivity index (χ1) is 12.8. The van der Waals surface area contributed by atoms with Gasteiger partial charge in [0.15, 0.2) is 0 Å². The average Bonchev–Trinajstić information content (AvgIpc) is 3.37. The molecule has 2 aromatic carbocycles. The standard InChI is InChI=1S/C22H24N2O2/c1-25-19-11-5-7-16(13-19)21-15-22(17-8-6-12-20(14-17)26-2)24(23-21)18-9-3-4-10-18/h5-8,11-15,18H,3-4,9-10H2,1-2H3. The summed E-state index contributed by atoms with van der Waals surface area (Å²) in [6.45, 7) is 0. The molecule has 1 aliphatic carbocycles. The maximum absolute atomic E-state index is 5.42. The highest BCUT2D eigenvalue weighted by atomic mass is 16.5. The number of hydrogen-bond acceptors (Lipinski definition) is 3. The topological polar surface area (TPSA) is 36.3 Å². The first-order valence-corrected chi connectivity index (χ1v) is 9.17. The van der Waals surface area contributed by atoms with Gasteiger partial charge in [0, 0.05) is 11.1 Å². The molecule has 1 heterocycles. The van der Waals surface area contributed by atoms with Crippen molar-refractivity contribution in [3.05, 3.63) is 54.6 Å². The molecule has 1 aliphatic rings. The van der Waals surface area contributed by atoms with Crippen molar-refractivity contribution in [2.75, 3.05) is 14.2 Å². The van der Waals surface area contributed by atoms with Crippen molar-refractivity contribution in [3.63, 3.8) is 0 Å². The Labute approximate surface area is 154 Å². The summed E-state index contributed by atoms with van der Waals surface area (Å²) in [6.07, 6.45) is 4.93. The van der Waals surface area contributed by atoms with Crippen LogP contribution in [-0.4, -0.2) is 24.0 Å². The van der Waals surface area contributed by atoms with Gasteiger partial charge in [-0.15, -0.1) is 0 Å². The van der Waals surface area contributed by atoms with Crippen LogP contribution in [-0.2, 0) is 0 Å². The van der Waals surface area contributed by atoms with Gasteiger partial charge in [-0.2, -0.15) is 5.10 Å². The van der Waals surface area contributed by atoms with Crippen molar-refractivity contribution in [1.82, 2.24) is 9.78 Å². The van der Waals surface area contributed by atoms with Crippen LogP contribution in [0, 0.1) is 0 Å². The largest absolute Gasteiger partial charge is 0.497 e. The number of rotatable bonds is 5. The Morgan fingerprint density at radius 1 is 0.846 bits per heavy atom. The summed E-state index contributed by atoms with van der Waals surface area (Å²) in [7, 11) is 3.40. The van der Waals surface area contributed by atoms with Gasteiger partial charge in [0.25, 0.3) is 0 Å². The Morgan fingerprint density at radius 2 is 1.46 bits per heavy atom. The van der Waals surface area contributed by atoms with Gasteiger partial charge in [0.05, 0.1) is 31.6 Å². The van der Waals surface area contributed by atoms with Crippen molar-refractivity contribution in [2.45, 2.75) is 31.7 Å². The molecular weight excluding hydrogens is 324 g/mol. The van der Waals surface area contributed by atoms with Crippen LogP contribution in [0.25, 0.3) is 22.5 Å². The third kappa shape index (κ3) is 3.19. The molecule has 0 bridgehead atoms. The van der Waals surface area contributed by atoms with E-state index in [0.29, 0.717) is 6.04 Å². The van der Waals surface area contributed by atoms with E-state index in [4.69, 9.17) is 14.6 Å². The normalized spacial score (nSPS) is 14.5. The Bertz CT molecular complexity index is 895. The van der Waals surface area contributed by atoms with Crippen LogP contribution < -0.4 is 9.47 Å². The van der Waals surface area contributed by atoms with E-state index in [1.807, 2.05) is 30.3 Å². The number of hydrogen-bond donors (Lipinski definition) is 0. The lowest BCUT2D eigenvalue weighted by atomic mass is 10.1. The van der Waals surface area contributed by atoms with Crippen molar-refractivity contribution >= 4 is 0 Å². The SMILES string of the molecule is COc1cccc(-c2cc(-c3cccc(OC)c3)n(C3CCCC3)n2)c1. The van der Waals surface area contributed by atoms with Crippen molar-refractivity contribution in [1.29, 1.82) is 0 Å². The maximum Gasteiger partial charge on any atom is 0.119 e. The quantitative estimate of drug-likeness (QED) is 0.623. The van der Waals surface area contributed by atoms with Crippen LogP contribution in [0.3, 0.4) is 0 Å². The number of methoxy groups -OCH3 is 2. The lowest BCUT2D eigenvalue weighted by Crippen LogP contribution is -2.08. The smallest absolute Gasteiger partial charge is 0.119 e. The predicted octanol–water partition coefficient (Wildman–Crippen LogP) is 5.35. The van der Waals surface area contributed by atoms with Gasteiger partial charge in [-0.25, -0.2) is 0 Å². The van der Waals surface area contributed by atoms with Gasteiger partial charge in [0.2, 0.25) is 0 Å². The minimum atomic E-state index is 0.468. The highest BCUT2D eigenvalue weighted by Crippen LogP contribution is 2.36. The van der Waals surface area contributed by atoms with E-state index >= 15 is 0 Å². The highest BCUT2D eigenvalue weighted by Gasteiger charge is 2.22. The summed E-state index contributed by atoms with van der Waals surface area (Å²) in [5, 5.41) is 4.99. The third-order valence-corrected chi connectivity index (χ3v) is 5.14. The van der Waals surface area contributed by atoms with Crippen molar-refractivity contribution in [3.8, 4) is 34.0 Å². The van der Waals surface area contributed by atoms with Crippen LogP contribution in [0.4, 0.5) is 0 Å². The maximum atomic E-state index is 5.42. The Kier molecular flexibility index (Phi) is 4.65. The molecule has 4 rings (SSSR count). The minimum absolute atomic E-state index is 0.468. The molecule has 0 atom stereocenters. The minimum Gasteiger partial charge on any atom is -0.497 e. The van der Waals surface area contributed by atoms with E-state index in [9.17, 15) is 0 Å². The van der Waals surface area contributed by atoms with Gasteiger partial charge in [0.1, 0.15) is 11.5 Å². The fraction of sp³-hybridized carbons (Fsp3) is 0.318. The number of nitrogens with zero attached hydrogens (tertiary/aromatic N) is 2. The molecule has 0 amide bonds. The molecule has 4 heteroatoms. The summed E-state index contributed by atoms with van der Waals surface area (Å²) in [5.41, 5.74) is 4.34. The van der Waals surface area contributed by atoms with Gasteiger partial charge >= 0.3 is 0 Å². The van der Waals surface area contributed by atoms with Crippen LogP contribution in [0.5, 0.6) is 11.5 Å². The molecule has 0 radical (unpaired) electrons. The fourth-order valence-electron chi connectivity index (χ4n) is 3.74. The van der Waals surface area contributed by atoms with E-state index < -0.39 is 0 Å². The lowest BCUT2D eigenvalue weighted by Gasteiger charge is -2.14. The van der Waals surface area contributed by atoms with Crippen LogP contribution in [0.1, 0.15) is 31.7 Å². The van der Waals surface area contributed by atoms with E-state index in [-0.39, 0.29) is 0 Å². The zero-order valence-corrected chi connectivity index (χ0v) is 15.3. The van der Waals surface area contributed by atoms with Crippen LogP contribution in [0.2, 0.25) is 0 Å². The molecule has 0 unspecified atom stereocenters. The molecule has 26 heavy (non-hydrogen) atoms. The van der Waals surface area contributed by atoms with Gasteiger partial charge in [-0.1, -0.05) is 37.1 Å². The van der Waals surface area contributed by atoms with Gasteiger partial charge in [-0.3, -0.25) is 4.68 Å². The Morgan fingerprint density at radius 3 is 2.12 bits per heavy atom. The second kappa shape index (κ2) is 7.24. The number of aromatic nitrogens is 2. The predicted molar refractivity (Wildman–Crippen MR) is 104 cm³/mol. The summed E-state index contributed by atoms with van der Waals surface area (Å²) in [6, 6.07) is 19.0. The molecule has 134 valence electrons. The average molecular weight is 348 g/mol. The molecule has 4 nitrogen and oxygen atoms in total. The molecular formula is C22H24N2O2. The monoisotopic (exact) mass is 348 g/mol. The molecule has 0 aliphatic heterocycles. The third-order valence-electron chi connectivity index (χ3n) is 5.14. The van der Waals surface area contributed by atoms with E-state index in [1.54, 1.807) is 14.2 Å². The zero-order valence-electron chi connectivity index (χ0n) is 15.3. The van der Waals surface area contributed by atoms with Crippen LogP contribution >= 0.6 is 0 Å². The number of benzene rings is 2. The Balaban J connectivity index is 1.82. The molecule has 0 saturated heterocycles. The number of ether oxygens (including phenoxy) is 2. The lowest BCUT2D eigenvalue weighted by molar-refractivity contribution is 0.414. The first-order valence-electron chi connectivity index (χ1n) is 9.17. The van der Waals surface area contributed by atoms with Crippen molar-refractivity contribution in [2.24, 2.45) is 0 Å². The van der Waals surface area contributed by atoms with Gasteiger partial charge in [-0.05, 0) is 43.2 Å². The van der Waals surface area contributed by atoms with E-state index in [2.05, 4.69) is 28.9 Å². The molecule has 1 fully saturated rings. The fourth-order valence-corrected chi connectivity index (χ4v) is 3.74. The second-order valence-corrected chi connectivity index (χ2v) is 6.76. The summed E-state index contributed by atoms with van der Waals surface area (Å²) in [4.78, 5) is 0. The summed E-state index contributed by atoms with van der Waals surface area (Å²) in [5.74, 6) is 1.71. The molecule has 1 saturated carbocycles. The molecule has 1 aromatic heterocycles. The Hall–Kier alpha value is -2.75. The first kappa shape index (κ1) is 16.7. The highest BCUT2D eigenvalue weighted by molar-refractivity contribution is 5.70. The molecule has 3 aromatic rings. The summed E-state index contributed by atoms with van der Waals surface area (Å²) >= 11 is 0. The second-order valence-electron chi connectivity index (χ2n) is 6.76. The zero-order chi connectivity index (χ0) is 17.9. The van der Waals surface area contributed by atoms with Crippen molar-refractivity contribution < 1.29 is 9.47 Å². The van der Waals surface area contributed by atoms with Crippen LogP contribution in [0.15, 0.2) is 54.6 Å². The van der Waals surface area contributed by atoms with Gasteiger partial charge < -0.3 is 9.47 Å². The van der Waals surface area contributed by atoms with E-state index in [0.717, 1.165) is 34.0 Å².